The maximum Gasteiger partial charge on any atom is 0.234 e. The average Bonchev–Trinajstić information content (AvgIpc) is 2.65. The van der Waals surface area contributed by atoms with E-state index in [1.54, 1.807) is 0 Å². The van der Waals surface area contributed by atoms with Crippen LogP contribution in [-0.4, -0.2) is 5.91 Å². The summed E-state index contributed by atoms with van der Waals surface area (Å²) in [6.07, 6.45) is 4.56. The van der Waals surface area contributed by atoms with Crippen LogP contribution in [0.4, 0.5) is 0 Å². The zero-order valence-electron chi connectivity index (χ0n) is 11.0. The van der Waals surface area contributed by atoms with E-state index in [0.29, 0.717) is 6.42 Å². The SMILES string of the molecule is NNC(=O)CC1c2ccccc2C=Cc2ccccc21. The lowest BCUT2D eigenvalue weighted by molar-refractivity contribution is -0.121. The molecule has 0 heterocycles. The second-order valence-electron chi connectivity index (χ2n) is 4.92. The van der Waals surface area contributed by atoms with Crippen molar-refractivity contribution in [2.45, 2.75) is 12.3 Å². The van der Waals surface area contributed by atoms with Gasteiger partial charge in [-0.15, -0.1) is 0 Å². The van der Waals surface area contributed by atoms with Crippen LogP contribution >= 0.6 is 0 Å². The fourth-order valence-corrected chi connectivity index (χ4v) is 2.77. The van der Waals surface area contributed by atoms with Crippen LogP contribution in [0.3, 0.4) is 0 Å². The van der Waals surface area contributed by atoms with Crippen molar-refractivity contribution in [3.63, 3.8) is 0 Å². The van der Waals surface area contributed by atoms with Crippen molar-refractivity contribution in [3.8, 4) is 0 Å². The molecule has 0 fully saturated rings. The van der Waals surface area contributed by atoms with E-state index in [1.165, 1.54) is 0 Å². The monoisotopic (exact) mass is 264 g/mol. The van der Waals surface area contributed by atoms with Crippen molar-refractivity contribution >= 4 is 18.1 Å². The van der Waals surface area contributed by atoms with E-state index in [2.05, 4.69) is 41.8 Å². The third-order valence-electron chi connectivity index (χ3n) is 3.74. The summed E-state index contributed by atoms with van der Waals surface area (Å²) < 4.78 is 0. The van der Waals surface area contributed by atoms with Crippen molar-refractivity contribution in [2.24, 2.45) is 5.84 Å². The van der Waals surface area contributed by atoms with E-state index in [1.807, 2.05) is 24.3 Å². The summed E-state index contributed by atoms with van der Waals surface area (Å²) in [5, 5.41) is 0. The van der Waals surface area contributed by atoms with Crippen LogP contribution in [0.15, 0.2) is 48.5 Å². The third kappa shape index (κ3) is 2.24. The molecule has 1 aliphatic carbocycles. The highest BCUT2D eigenvalue weighted by molar-refractivity contribution is 5.81. The maximum absolute atomic E-state index is 11.8. The quantitative estimate of drug-likeness (QED) is 0.498. The Morgan fingerprint density at radius 3 is 1.95 bits per heavy atom. The number of amides is 1. The number of hydrogen-bond acceptors (Lipinski definition) is 2. The second-order valence-corrected chi connectivity index (χ2v) is 4.92. The molecule has 0 saturated heterocycles. The minimum Gasteiger partial charge on any atom is -0.294 e. The summed E-state index contributed by atoms with van der Waals surface area (Å²) in [6, 6.07) is 16.4. The molecule has 0 spiro atoms. The predicted octanol–water partition coefficient (Wildman–Crippen LogP) is 2.68. The van der Waals surface area contributed by atoms with Gasteiger partial charge in [0.15, 0.2) is 0 Å². The minimum absolute atomic E-state index is 0.0287. The maximum atomic E-state index is 11.8. The van der Waals surface area contributed by atoms with Gasteiger partial charge in [0.2, 0.25) is 5.91 Å². The smallest absolute Gasteiger partial charge is 0.234 e. The van der Waals surface area contributed by atoms with Gasteiger partial charge >= 0.3 is 0 Å². The zero-order valence-corrected chi connectivity index (χ0v) is 11.0. The standard InChI is InChI=1S/C17H16N2O/c18-19-17(20)11-16-14-7-3-1-5-12(14)9-10-13-6-2-4-8-15(13)16/h1-10,16H,11,18H2,(H,19,20). The van der Waals surface area contributed by atoms with Gasteiger partial charge in [-0.05, 0) is 22.3 Å². The molecule has 0 atom stereocenters. The van der Waals surface area contributed by atoms with Gasteiger partial charge in [-0.25, -0.2) is 5.84 Å². The molecule has 2 aromatic carbocycles. The third-order valence-corrected chi connectivity index (χ3v) is 3.74. The van der Waals surface area contributed by atoms with Crippen molar-refractivity contribution in [2.75, 3.05) is 0 Å². The number of benzene rings is 2. The van der Waals surface area contributed by atoms with Gasteiger partial charge in [0, 0.05) is 12.3 Å². The van der Waals surface area contributed by atoms with E-state index < -0.39 is 0 Å². The Labute approximate surface area is 118 Å². The number of fused-ring (bicyclic) bond motifs is 2. The number of nitrogens with two attached hydrogens (primary N) is 1. The van der Waals surface area contributed by atoms with Crippen LogP contribution in [0, 0.1) is 0 Å². The Bertz CT molecular complexity index is 627. The molecule has 0 aromatic heterocycles. The van der Waals surface area contributed by atoms with E-state index in [9.17, 15) is 4.79 Å². The van der Waals surface area contributed by atoms with E-state index >= 15 is 0 Å². The minimum atomic E-state index is -0.151. The summed E-state index contributed by atoms with van der Waals surface area (Å²) in [7, 11) is 0. The number of nitrogens with one attached hydrogen (secondary N) is 1. The number of hydrogen-bond donors (Lipinski definition) is 2. The van der Waals surface area contributed by atoms with Crippen molar-refractivity contribution in [3.05, 3.63) is 70.8 Å². The Hall–Kier alpha value is -2.39. The molecule has 0 aliphatic heterocycles. The van der Waals surface area contributed by atoms with Gasteiger partial charge in [-0.3, -0.25) is 10.2 Å². The van der Waals surface area contributed by atoms with Gasteiger partial charge in [-0.2, -0.15) is 0 Å². The van der Waals surface area contributed by atoms with Crippen LogP contribution in [0.5, 0.6) is 0 Å². The van der Waals surface area contributed by atoms with Crippen LogP contribution in [0.2, 0.25) is 0 Å². The number of rotatable bonds is 2. The summed E-state index contributed by atoms with van der Waals surface area (Å²) in [4.78, 5) is 11.8. The Morgan fingerprint density at radius 1 is 0.950 bits per heavy atom. The largest absolute Gasteiger partial charge is 0.294 e. The highest BCUT2D eigenvalue weighted by Gasteiger charge is 2.23. The first-order valence-electron chi connectivity index (χ1n) is 6.65. The number of carbonyl (C=O) groups excluding carboxylic acids is 1. The second kappa shape index (κ2) is 5.31. The highest BCUT2D eigenvalue weighted by Crippen LogP contribution is 2.36. The molecule has 0 unspecified atom stereocenters. The Kier molecular flexibility index (Phi) is 3.35. The molecule has 20 heavy (non-hydrogen) atoms. The fourth-order valence-electron chi connectivity index (χ4n) is 2.77. The van der Waals surface area contributed by atoms with Crippen molar-refractivity contribution < 1.29 is 4.79 Å². The first-order valence-corrected chi connectivity index (χ1v) is 6.65. The fraction of sp³-hybridized carbons (Fsp3) is 0.118. The van der Waals surface area contributed by atoms with Gasteiger partial charge in [0.1, 0.15) is 0 Å². The molecule has 0 saturated carbocycles. The first-order chi connectivity index (χ1) is 9.79. The zero-order chi connectivity index (χ0) is 13.9. The summed E-state index contributed by atoms with van der Waals surface area (Å²) in [5.74, 6) is 5.13. The lowest BCUT2D eigenvalue weighted by Crippen LogP contribution is -2.31. The Morgan fingerprint density at radius 2 is 1.45 bits per heavy atom. The molecule has 3 N–H and O–H groups in total. The molecule has 3 nitrogen and oxygen atoms in total. The molecular formula is C17H16N2O. The predicted molar refractivity (Wildman–Crippen MR) is 80.6 cm³/mol. The molecule has 100 valence electrons. The molecule has 1 amide bonds. The molecule has 0 bridgehead atoms. The normalized spacial score (nSPS) is 13.2. The van der Waals surface area contributed by atoms with Gasteiger partial charge in [-0.1, -0.05) is 60.7 Å². The number of hydrazine groups is 1. The molecule has 0 radical (unpaired) electrons. The summed E-state index contributed by atoms with van der Waals surface area (Å²) in [6.45, 7) is 0. The molecule has 3 heteroatoms. The Balaban J connectivity index is 2.15. The number of carbonyl (C=O) groups is 1. The van der Waals surface area contributed by atoms with Crippen LogP contribution in [0.1, 0.15) is 34.6 Å². The first kappa shape index (κ1) is 12.6. The van der Waals surface area contributed by atoms with Crippen LogP contribution < -0.4 is 11.3 Å². The van der Waals surface area contributed by atoms with Gasteiger partial charge in [0.25, 0.3) is 0 Å². The van der Waals surface area contributed by atoms with Gasteiger partial charge < -0.3 is 0 Å². The highest BCUT2D eigenvalue weighted by atomic mass is 16.2. The van der Waals surface area contributed by atoms with Gasteiger partial charge in [0.05, 0.1) is 0 Å². The van der Waals surface area contributed by atoms with Crippen LogP contribution in [-0.2, 0) is 4.79 Å². The summed E-state index contributed by atoms with van der Waals surface area (Å²) >= 11 is 0. The molecule has 2 aromatic rings. The lowest BCUT2D eigenvalue weighted by Gasteiger charge is -2.19. The van der Waals surface area contributed by atoms with E-state index in [0.717, 1.165) is 22.3 Å². The van der Waals surface area contributed by atoms with E-state index in [4.69, 9.17) is 5.84 Å². The van der Waals surface area contributed by atoms with Crippen molar-refractivity contribution in [1.82, 2.24) is 5.43 Å². The van der Waals surface area contributed by atoms with Crippen molar-refractivity contribution in [1.29, 1.82) is 0 Å². The molecule has 3 rings (SSSR count). The topological polar surface area (TPSA) is 55.1 Å². The average molecular weight is 264 g/mol. The molecular weight excluding hydrogens is 248 g/mol. The van der Waals surface area contributed by atoms with Crippen LogP contribution in [0.25, 0.3) is 12.2 Å². The molecule has 1 aliphatic rings. The summed E-state index contributed by atoms with van der Waals surface area (Å²) in [5.41, 5.74) is 6.87. The van der Waals surface area contributed by atoms with E-state index in [-0.39, 0.29) is 11.8 Å². The lowest BCUT2D eigenvalue weighted by atomic mass is 9.85.